The smallest absolute Gasteiger partial charge is 0.132 e. The van der Waals surface area contributed by atoms with E-state index in [1.165, 1.54) is 11.1 Å². The van der Waals surface area contributed by atoms with E-state index < -0.39 is 0 Å². The molecule has 0 N–H and O–H groups in total. The van der Waals surface area contributed by atoms with Crippen LogP contribution in [-0.4, -0.2) is 5.78 Å². The van der Waals surface area contributed by atoms with Gasteiger partial charge in [-0.15, -0.1) is 0 Å². The van der Waals surface area contributed by atoms with Crippen LogP contribution in [0.15, 0.2) is 47.6 Å². The highest BCUT2D eigenvalue weighted by Crippen LogP contribution is 2.30. The zero-order valence-electron chi connectivity index (χ0n) is 10.8. The average molecular weight is 228 g/mol. The van der Waals surface area contributed by atoms with Crippen molar-refractivity contribution in [2.45, 2.75) is 27.2 Å². The number of hydrogen-bond donors (Lipinski definition) is 0. The Kier molecular flexibility index (Phi) is 3.46. The third kappa shape index (κ3) is 2.49. The Morgan fingerprint density at radius 3 is 2.65 bits per heavy atom. The van der Waals surface area contributed by atoms with Gasteiger partial charge in [-0.05, 0) is 36.3 Å². The highest BCUT2D eigenvalue weighted by molar-refractivity contribution is 5.78. The summed E-state index contributed by atoms with van der Waals surface area (Å²) < 4.78 is 0. The van der Waals surface area contributed by atoms with Gasteiger partial charge in [0.1, 0.15) is 5.78 Å². The van der Waals surface area contributed by atoms with E-state index >= 15 is 0 Å². The van der Waals surface area contributed by atoms with Gasteiger partial charge in [-0.1, -0.05) is 50.3 Å². The van der Waals surface area contributed by atoms with E-state index in [2.05, 4.69) is 43.4 Å². The first-order valence-electron chi connectivity index (χ1n) is 6.36. The minimum Gasteiger partial charge on any atom is -0.300 e. The molecule has 0 spiro atoms. The van der Waals surface area contributed by atoms with Crippen molar-refractivity contribution in [3.05, 3.63) is 47.6 Å². The molecule has 0 radical (unpaired) electrons. The number of Topliss-reactive ketones (excluding diaryl/α,β-unsaturated/α-hetero) is 1. The number of hydrogen-bond acceptors (Lipinski definition) is 1. The fraction of sp³-hybridized carbons (Fsp3) is 0.438. The van der Waals surface area contributed by atoms with E-state index in [0.717, 1.165) is 6.42 Å². The molecule has 0 saturated heterocycles. The Morgan fingerprint density at radius 1 is 1.24 bits per heavy atom. The monoisotopic (exact) mass is 228 g/mol. The standard InChI is InChI=1S/C16H20O/c1-11(13(3)17)12(2)14-7-9-15-5-4-6-16(15)10-8-14/h4-5,7-12,14H,6H2,1-3H3. The van der Waals surface area contributed by atoms with Crippen LogP contribution in [-0.2, 0) is 4.79 Å². The van der Waals surface area contributed by atoms with Crippen molar-refractivity contribution >= 4 is 5.78 Å². The van der Waals surface area contributed by atoms with Crippen LogP contribution in [0, 0.1) is 17.8 Å². The van der Waals surface area contributed by atoms with Crippen molar-refractivity contribution in [2.75, 3.05) is 0 Å². The number of rotatable bonds is 3. The van der Waals surface area contributed by atoms with Gasteiger partial charge in [-0.3, -0.25) is 4.79 Å². The SMILES string of the molecule is CC(=O)C(C)C(C)C1C=CC2=C(C=C1)CC=C2. The number of ketones is 1. The molecular formula is C16H20O. The lowest BCUT2D eigenvalue weighted by Gasteiger charge is -2.22. The summed E-state index contributed by atoms with van der Waals surface area (Å²) in [5.74, 6) is 1.14. The van der Waals surface area contributed by atoms with Crippen LogP contribution >= 0.6 is 0 Å². The quantitative estimate of drug-likeness (QED) is 0.717. The first-order chi connectivity index (χ1) is 8.09. The number of allylic oxidation sites excluding steroid dienone is 8. The molecule has 0 heterocycles. The molecule has 0 amide bonds. The van der Waals surface area contributed by atoms with Gasteiger partial charge in [0.25, 0.3) is 0 Å². The van der Waals surface area contributed by atoms with Gasteiger partial charge < -0.3 is 0 Å². The molecule has 0 aromatic rings. The molecule has 1 heteroatoms. The second kappa shape index (κ2) is 4.87. The molecule has 0 bridgehead atoms. The van der Waals surface area contributed by atoms with Crippen molar-refractivity contribution < 1.29 is 4.79 Å². The van der Waals surface area contributed by atoms with E-state index in [1.54, 1.807) is 6.92 Å². The molecular weight excluding hydrogens is 208 g/mol. The molecule has 3 atom stereocenters. The fourth-order valence-electron chi connectivity index (χ4n) is 2.42. The average Bonchev–Trinajstić information content (AvgIpc) is 2.66. The third-order valence-corrected chi connectivity index (χ3v) is 4.06. The number of carbonyl (C=O) groups excluding carboxylic acids is 1. The number of carbonyl (C=O) groups is 1. The molecule has 2 rings (SSSR count). The summed E-state index contributed by atoms with van der Waals surface area (Å²) in [6.07, 6.45) is 14.3. The van der Waals surface area contributed by atoms with Gasteiger partial charge in [0, 0.05) is 5.92 Å². The molecule has 0 saturated carbocycles. The summed E-state index contributed by atoms with van der Waals surface area (Å²) >= 11 is 0. The summed E-state index contributed by atoms with van der Waals surface area (Å²) in [5.41, 5.74) is 2.72. The molecule has 2 aliphatic rings. The van der Waals surface area contributed by atoms with Gasteiger partial charge in [-0.2, -0.15) is 0 Å². The summed E-state index contributed by atoms with van der Waals surface area (Å²) in [5, 5.41) is 0. The molecule has 2 aliphatic carbocycles. The van der Waals surface area contributed by atoms with Crippen molar-refractivity contribution in [1.82, 2.24) is 0 Å². The van der Waals surface area contributed by atoms with Crippen LogP contribution in [0.25, 0.3) is 0 Å². The highest BCUT2D eigenvalue weighted by atomic mass is 16.1. The van der Waals surface area contributed by atoms with Crippen molar-refractivity contribution in [3.8, 4) is 0 Å². The summed E-state index contributed by atoms with van der Waals surface area (Å²) in [4.78, 5) is 11.4. The molecule has 0 aromatic carbocycles. The molecule has 0 aliphatic heterocycles. The third-order valence-electron chi connectivity index (χ3n) is 4.06. The minimum absolute atomic E-state index is 0.123. The van der Waals surface area contributed by atoms with Crippen molar-refractivity contribution in [2.24, 2.45) is 17.8 Å². The lowest BCUT2D eigenvalue weighted by Crippen LogP contribution is -2.21. The molecule has 0 aromatic heterocycles. The van der Waals surface area contributed by atoms with E-state index in [-0.39, 0.29) is 11.7 Å². The maximum atomic E-state index is 11.4. The fourth-order valence-corrected chi connectivity index (χ4v) is 2.42. The van der Waals surface area contributed by atoms with Gasteiger partial charge >= 0.3 is 0 Å². The predicted octanol–water partition coefficient (Wildman–Crippen LogP) is 3.85. The Labute approximate surface area is 104 Å². The minimum atomic E-state index is 0.123. The largest absolute Gasteiger partial charge is 0.300 e. The van der Waals surface area contributed by atoms with Crippen molar-refractivity contribution in [1.29, 1.82) is 0 Å². The first-order valence-corrected chi connectivity index (χ1v) is 6.36. The molecule has 3 unspecified atom stereocenters. The van der Waals surface area contributed by atoms with Gasteiger partial charge in [0.15, 0.2) is 0 Å². The second-order valence-electron chi connectivity index (χ2n) is 5.14. The molecule has 17 heavy (non-hydrogen) atoms. The van der Waals surface area contributed by atoms with Crippen LogP contribution in [0.5, 0.6) is 0 Å². The maximum absolute atomic E-state index is 11.4. The zero-order chi connectivity index (χ0) is 12.4. The van der Waals surface area contributed by atoms with E-state index in [0.29, 0.717) is 11.8 Å². The summed E-state index contributed by atoms with van der Waals surface area (Å²) in [6.45, 7) is 5.88. The Balaban J connectivity index is 2.13. The topological polar surface area (TPSA) is 17.1 Å². The first kappa shape index (κ1) is 12.1. The lowest BCUT2D eigenvalue weighted by atomic mass is 9.81. The van der Waals surface area contributed by atoms with E-state index in [4.69, 9.17) is 0 Å². The zero-order valence-corrected chi connectivity index (χ0v) is 10.8. The van der Waals surface area contributed by atoms with Gasteiger partial charge in [0.05, 0.1) is 0 Å². The van der Waals surface area contributed by atoms with E-state index in [9.17, 15) is 4.79 Å². The Hall–Kier alpha value is -1.37. The summed E-state index contributed by atoms with van der Waals surface area (Å²) in [6, 6.07) is 0. The lowest BCUT2D eigenvalue weighted by molar-refractivity contribution is -0.121. The van der Waals surface area contributed by atoms with E-state index in [1.807, 2.05) is 6.92 Å². The Morgan fingerprint density at radius 2 is 1.94 bits per heavy atom. The molecule has 1 nitrogen and oxygen atoms in total. The second-order valence-corrected chi connectivity index (χ2v) is 5.14. The predicted molar refractivity (Wildman–Crippen MR) is 71.6 cm³/mol. The Bertz CT molecular complexity index is 434. The van der Waals surface area contributed by atoms with Crippen LogP contribution in [0.3, 0.4) is 0 Å². The van der Waals surface area contributed by atoms with Crippen LogP contribution < -0.4 is 0 Å². The highest BCUT2D eigenvalue weighted by Gasteiger charge is 2.23. The van der Waals surface area contributed by atoms with Gasteiger partial charge in [-0.25, -0.2) is 0 Å². The van der Waals surface area contributed by atoms with Crippen molar-refractivity contribution in [3.63, 3.8) is 0 Å². The van der Waals surface area contributed by atoms with Crippen LogP contribution in [0.4, 0.5) is 0 Å². The van der Waals surface area contributed by atoms with Crippen LogP contribution in [0.1, 0.15) is 27.2 Å². The molecule has 0 fully saturated rings. The molecule has 90 valence electrons. The normalized spacial score (nSPS) is 25.7. The van der Waals surface area contributed by atoms with Crippen LogP contribution in [0.2, 0.25) is 0 Å². The maximum Gasteiger partial charge on any atom is 0.132 e. The summed E-state index contributed by atoms with van der Waals surface area (Å²) in [7, 11) is 0. The van der Waals surface area contributed by atoms with Gasteiger partial charge in [0.2, 0.25) is 0 Å².